The van der Waals surface area contributed by atoms with Crippen molar-refractivity contribution in [2.45, 2.75) is 26.5 Å². The molecule has 1 N–H and O–H groups in total. The summed E-state index contributed by atoms with van der Waals surface area (Å²) in [5.74, 6) is 0.513. The second-order valence-corrected chi connectivity index (χ2v) is 4.36. The van der Waals surface area contributed by atoms with Crippen molar-refractivity contribution < 1.29 is 18.3 Å². The summed E-state index contributed by atoms with van der Waals surface area (Å²) in [6.45, 7) is 1.88. The van der Waals surface area contributed by atoms with Crippen LogP contribution in [0.2, 0.25) is 0 Å². The number of nitrogens with one attached hydrogen (secondary N) is 1. The Morgan fingerprint density at radius 2 is 2.00 bits per heavy atom. The van der Waals surface area contributed by atoms with Crippen LogP contribution < -0.4 is 10.1 Å². The molecule has 0 radical (unpaired) electrons. The fourth-order valence-corrected chi connectivity index (χ4v) is 1.56. The lowest BCUT2D eigenvalue weighted by Crippen LogP contribution is -2.30. The lowest BCUT2D eigenvalue weighted by Gasteiger charge is -2.23. The van der Waals surface area contributed by atoms with Crippen molar-refractivity contribution in [3.05, 3.63) is 24.3 Å². The molecule has 1 aromatic rings. The minimum atomic E-state index is -2.81. The summed E-state index contributed by atoms with van der Waals surface area (Å²) >= 11 is 0. The summed E-state index contributed by atoms with van der Waals surface area (Å²) < 4.78 is 33.7. The fourth-order valence-electron chi connectivity index (χ4n) is 1.56. The van der Waals surface area contributed by atoms with Crippen LogP contribution in [0.25, 0.3) is 0 Å². The SMILES string of the molecule is COCC(Nc1cccc(OC(F)F)c1)C(C)C. The second-order valence-electron chi connectivity index (χ2n) is 4.36. The molecule has 0 saturated carbocycles. The number of methoxy groups -OCH3 is 1. The molecule has 1 rings (SSSR count). The molecule has 1 aromatic carbocycles. The van der Waals surface area contributed by atoms with Gasteiger partial charge in [-0.15, -0.1) is 0 Å². The Labute approximate surface area is 106 Å². The van der Waals surface area contributed by atoms with E-state index in [1.54, 1.807) is 19.2 Å². The fraction of sp³-hybridized carbons (Fsp3) is 0.538. The number of hydrogen-bond acceptors (Lipinski definition) is 3. The normalized spacial score (nSPS) is 12.8. The van der Waals surface area contributed by atoms with Gasteiger partial charge in [-0.25, -0.2) is 0 Å². The third-order valence-electron chi connectivity index (χ3n) is 2.56. The lowest BCUT2D eigenvalue weighted by atomic mass is 10.1. The minimum Gasteiger partial charge on any atom is -0.435 e. The Hall–Kier alpha value is -1.36. The van der Waals surface area contributed by atoms with Gasteiger partial charge in [0.1, 0.15) is 5.75 Å². The zero-order valence-corrected chi connectivity index (χ0v) is 10.8. The molecule has 102 valence electrons. The molecule has 0 aliphatic rings. The molecule has 5 heteroatoms. The predicted molar refractivity (Wildman–Crippen MR) is 67.2 cm³/mol. The first-order valence-corrected chi connectivity index (χ1v) is 5.83. The van der Waals surface area contributed by atoms with Gasteiger partial charge < -0.3 is 14.8 Å². The van der Waals surface area contributed by atoms with E-state index < -0.39 is 6.61 Å². The molecule has 0 amide bonds. The van der Waals surface area contributed by atoms with Crippen LogP contribution in [0.1, 0.15) is 13.8 Å². The molecule has 1 unspecified atom stereocenters. The first kappa shape index (κ1) is 14.7. The first-order chi connectivity index (χ1) is 8.52. The Morgan fingerprint density at radius 3 is 2.56 bits per heavy atom. The number of alkyl halides is 2. The van der Waals surface area contributed by atoms with Crippen molar-refractivity contribution in [2.75, 3.05) is 19.0 Å². The van der Waals surface area contributed by atoms with E-state index in [2.05, 4.69) is 23.9 Å². The van der Waals surface area contributed by atoms with Crippen molar-refractivity contribution in [3.63, 3.8) is 0 Å². The average Bonchev–Trinajstić information content (AvgIpc) is 2.28. The van der Waals surface area contributed by atoms with Gasteiger partial charge in [0.05, 0.1) is 12.6 Å². The van der Waals surface area contributed by atoms with E-state index in [9.17, 15) is 8.78 Å². The Kier molecular flexibility index (Phi) is 5.85. The van der Waals surface area contributed by atoms with E-state index in [0.717, 1.165) is 5.69 Å². The highest BCUT2D eigenvalue weighted by Crippen LogP contribution is 2.21. The zero-order chi connectivity index (χ0) is 13.5. The highest BCUT2D eigenvalue weighted by molar-refractivity contribution is 5.49. The number of halogens is 2. The summed E-state index contributed by atoms with van der Waals surface area (Å²) in [5.41, 5.74) is 0.740. The van der Waals surface area contributed by atoms with Gasteiger partial charge in [-0.05, 0) is 18.1 Å². The number of benzene rings is 1. The van der Waals surface area contributed by atoms with E-state index >= 15 is 0 Å². The standard InChI is InChI=1S/C13H19F2NO2/c1-9(2)12(8-17-3)16-10-5-4-6-11(7-10)18-13(14)15/h4-7,9,12-13,16H,8H2,1-3H3. The molecule has 0 saturated heterocycles. The third kappa shape index (κ3) is 4.87. The Balaban J connectivity index is 2.70. The van der Waals surface area contributed by atoms with Crippen LogP contribution in [0.4, 0.5) is 14.5 Å². The highest BCUT2D eigenvalue weighted by Gasteiger charge is 2.13. The van der Waals surface area contributed by atoms with Crippen LogP contribution in [0.15, 0.2) is 24.3 Å². The summed E-state index contributed by atoms with van der Waals surface area (Å²) in [7, 11) is 1.63. The van der Waals surface area contributed by atoms with E-state index in [4.69, 9.17) is 4.74 Å². The van der Waals surface area contributed by atoms with Gasteiger partial charge in [0, 0.05) is 18.9 Å². The molecule has 0 aliphatic heterocycles. The second kappa shape index (κ2) is 7.16. The van der Waals surface area contributed by atoms with Crippen molar-refractivity contribution >= 4 is 5.69 Å². The van der Waals surface area contributed by atoms with Crippen LogP contribution in [-0.4, -0.2) is 26.4 Å². The van der Waals surface area contributed by atoms with Gasteiger partial charge in [0.25, 0.3) is 0 Å². The minimum absolute atomic E-state index is 0.122. The molecule has 0 spiro atoms. The Bertz CT molecular complexity index is 359. The van der Waals surface area contributed by atoms with Crippen LogP contribution in [0, 0.1) is 5.92 Å². The molecule has 3 nitrogen and oxygen atoms in total. The maximum absolute atomic E-state index is 12.1. The average molecular weight is 259 g/mol. The molecule has 0 fully saturated rings. The zero-order valence-electron chi connectivity index (χ0n) is 10.8. The van der Waals surface area contributed by atoms with E-state index in [1.165, 1.54) is 6.07 Å². The van der Waals surface area contributed by atoms with Crippen molar-refractivity contribution in [2.24, 2.45) is 5.92 Å². The summed E-state index contributed by atoms with van der Waals surface area (Å²) in [6, 6.07) is 6.65. The maximum atomic E-state index is 12.1. The van der Waals surface area contributed by atoms with Crippen LogP contribution in [0.5, 0.6) is 5.75 Å². The molecular formula is C13H19F2NO2. The number of hydrogen-bond donors (Lipinski definition) is 1. The van der Waals surface area contributed by atoms with Crippen molar-refractivity contribution in [1.82, 2.24) is 0 Å². The van der Waals surface area contributed by atoms with Gasteiger partial charge in [0.2, 0.25) is 0 Å². The van der Waals surface area contributed by atoms with Crippen LogP contribution >= 0.6 is 0 Å². The van der Waals surface area contributed by atoms with Gasteiger partial charge >= 0.3 is 6.61 Å². The van der Waals surface area contributed by atoms with Crippen LogP contribution in [-0.2, 0) is 4.74 Å². The number of rotatable bonds is 7. The Morgan fingerprint density at radius 1 is 1.28 bits per heavy atom. The van der Waals surface area contributed by atoms with Crippen LogP contribution in [0.3, 0.4) is 0 Å². The van der Waals surface area contributed by atoms with Crippen molar-refractivity contribution in [1.29, 1.82) is 0 Å². The number of anilines is 1. The number of ether oxygens (including phenoxy) is 2. The molecule has 0 aliphatic carbocycles. The quantitative estimate of drug-likeness (QED) is 0.814. The molecule has 18 heavy (non-hydrogen) atoms. The molecule has 0 aromatic heterocycles. The van der Waals surface area contributed by atoms with Gasteiger partial charge in [-0.3, -0.25) is 0 Å². The smallest absolute Gasteiger partial charge is 0.387 e. The highest BCUT2D eigenvalue weighted by atomic mass is 19.3. The van der Waals surface area contributed by atoms with E-state index in [-0.39, 0.29) is 11.8 Å². The summed E-state index contributed by atoms with van der Waals surface area (Å²) in [4.78, 5) is 0. The molecule has 0 heterocycles. The predicted octanol–water partition coefficient (Wildman–Crippen LogP) is 3.37. The van der Waals surface area contributed by atoms with E-state index in [1.807, 2.05) is 6.07 Å². The largest absolute Gasteiger partial charge is 0.435 e. The van der Waals surface area contributed by atoms with E-state index in [0.29, 0.717) is 12.5 Å². The molecular weight excluding hydrogens is 240 g/mol. The summed E-state index contributed by atoms with van der Waals surface area (Å²) in [5, 5.41) is 3.24. The first-order valence-electron chi connectivity index (χ1n) is 5.83. The third-order valence-corrected chi connectivity index (χ3v) is 2.56. The van der Waals surface area contributed by atoms with Crippen molar-refractivity contribution in [3.8, 4) is 5.75 Å². The van der Waals surface area contributed by atoms with Gasteiger partial charge in [0.15, 0.2) is 0 Å². The summed E-state index contributed by atoms with van der Waals surface area (Å²) in [6.07, 6.45) is 0. The van der Waals surface area contributed by atoms with Gasteiger partial charge in [-0.1, -0.05) is 19.9 Å². The monoisotopic (exact) mass is 259 g/mol. The lowest BCUT2D eigenvalue weighted by molar-refractivity contribution is -0.0498. The molecule has 1 atom stereocenters. The maximum Gasteiger partial charge on any atom is 0.387 e. The topological polar surface area (TPSA) is 30.5 Å². The van der Waals surface area contributed by atoms with Gasteiger partial charge in [-0.2, -0.15) is 8.78 Å². The molecule has 0 bridgehead atoms.